The van der Waals surface area contributed by atoms with Gasteiger partial charge in [-0.15, -0.1) is 0 Å². The van der Waals surface area contributed by atoms with E-state index in [1.165, 1.54) is 12.1 Å². The van der Waals surface area contributed by atoms with Gasteiger partial charge in [0.1, 0.15) is 5.75 Å². The number of rotatable bonds is 7. The van der Waals surface area contributed by atoms with Crippen molar-refractivity contribution in [3.05, 3.63) is 29.3 Å². The van der Waals surface area contributed by atoms with Gasteiger partial charge in [0.05, 0.1) is 11.1 Å². The molecule has 0 bridgehead atoms. The normalized spacial score (nSPS) is 11.5. The topological polar surface area (TPSA) is 113 Å². The van der Waals surface area contributed by atoms with Gasteiger partial charge in [0.2, 0.25) is 0 Å². The lowest BCUT2D eigenvalue weighted by Gasteiger charge is -2.12. The van der Waals surface area contributed by atoms with Gasteiger partial charge in [-0.3, -0.25) is 4.79 Å². The summed E-state index contributed by atoms with van der Waals surface area (Å²) in [7, 11) is 0. The fourth-order valence-electron chi connectivity index (χ4n) is 1.50. The van der Waals surface area contributed by atoms with Gasteiger partial charge in [-0.2, -0.15) is 0 Å². The van der Waals surface area contributed by atoms with Crippen LogP contribution < -0.4 is 10.1 Å². The zero-order valence-electron chi connectivity index (χ0n) is 11.8. The second-order valence-corrected chi connectivity index (χ2v) is 4.52. The third kappa shape index (κ3) is 5.13. The van der Waals surface area contributed by atoms with E-state index >= 15 is 0 Å². The van der Waals surface area contributed by atoms with Crippen LogP contribution >= 0.6 is 0 Å². The van der Waals surface area contributed by atoms with Crippen molar-refractivity contribution < 1.29 is 29.3 Å². The molecular formula is C14H17NO6. The molecule has 0 spiro atoms. The predicted octanol–water partition coefficient (Wildman–Crippen LogP) is 1.38. The second-order valence-electron chi connectivity index (χ2n) is 4.52. The Hall–Kier alpha value is -2.57. The van der Waals surface area contributed by atoms with Crippen LogP contribution in [0.15, 0.2) is 18.2 Å². The van der Waals surface area contributed by atoms with E-state index in [0.717, 1.165) is 12.5 Å². The summed E-state index contributed by atoms with van der Waals surface area (Å²) >= 11 is 0. The molecule has 0 fully saturated rings. The average molecular weight is 295 g/mol. The lowest BCUT2D eigenvalue weighted by molar-refractivity contribution is -0.123. The fourth-order valence-corrected chi connectivity index (χ4v) is 1.50. The Balaban J connectivity index is 2.81. The number of carbonyl (C=O) groups excluding carboxylic acids is 1. The highest BCUT2D eigenvalue weighted by atomic mass is 16.5. The van der Waals surface area contributed by atoms with Crippen LogP contribution in [0.1, 0.15) is 41.0 Å². The van der Waals surface area contributed by atoms with Crippen molar-refractivity contribution in [3.8, 4) is 5.75 Å². The number of nitrogens with one attached hydrogen (secondary N) is 1. The molecule has 1 atom stereocenters. The highest BCUT2D eigenvalue weighted by Crippen LogP contribution is 2.17. The van der Waals surface area contributed by atoms with Gasteiger partial charge in [0.15, 0.2) is 6.61 Å². The Morgan fingerprint density at radius 2 is 1.67 bits per heavy atom. The maximum absolute atomic E-state index is 11.6. The van der Waals surface area contributed by atoms with Crippen LogP contribution in [0.25, 0.3) is 0 Å². The molecule has 1 aromatic rings. The minimum Gasteiger partial charge on any atom is -0.484 e. The minimum absolute atomic E-state index is 0.000958. The van der Waals surface area contributed by atoms with E-state index in [1.807, 2.05) is 13.8 Å². The van der Waals surface area contributed by atoms with Crippen LogP contribution in [-0.2, 0) is 4.79 Å². The zero-order chi connectivity index (χ0) is 16.0. The van der Waals surface area contributed by atoms with Crippen LogP contribution in [0.2, 0.25) is 0 Å². The summed E-state index contributed by atoms with van der Waals surface area (Å²) < 4.78 is 5.16. The smallest absolute Gasteiger partial charge is 0.335 e. The summed E-state index contributed by atoms with van der Waals surface area (Å²) in [5.41, 5.74) is -0.431. The fraction of sp³-hybridized carbons (Fsp3) is 0.357. The van der Waals surface area contributed by atoms with Gasteiger partial charge >= 0.3 is 11.9 Å². The van der Waals surface area contributed by atoms with Crippen molar-refractivity contribution in [1.82, 2.24) is 5.32 Å². The molecule has 21 heavy (non-hydrogen) atoms. The molecule has 3 N–H and O–H groups in total. The summed E-state index contributed by atoms with van der Waals surface area (Å²) in [6.45, 7) is 3.44. The Kier molecular flexibility index (Phi) is 5.71. The van der Waals surface area contributed by atoms with Gasteiger partial charge < -0.3 is 20.3 Å². The number of amides is 1. The lowest BCUT2D eigenvalue weighted by atomic mass is 10.1. The Morgan fingerprint density at radius 3 is 2.10 bits per heavy atom. The summed E-state index contributed by atoms with van der Waals surface area (Å²) in [6.07, 6.45) is 0.767. The maximum atomic E-state index is 11.6. The monoisotopic (exact) mass is 295 g/mol. The van der Waals surface area contributed by atoms with E-state index in [0.29, 0.717) is 0 Å². The van der Waals surface area contributed by atoms with E-state index in [2.05, 4.69) is 5.32 Å². The maximum Gasteiger partial charge on any atom is 0.335 e. The number of ether oxygens (including phenoxy) is 1. The number of carboxylic acids is 2. The number of carbonyl (C=O) groups is 3. The molecule has 7 heteroatoms. The first-order valence-electron chi connectivity index (χ1n) is 6.37. The molecule has 0 unspecified atom stereocenters. The molecule has 0 saturated carbocycles. The first kappa shape index (κ1) is 16.5. The largest absolute Gasteiger partial charge is 0.484 e. The molecule has 0 aromatic heterocycles. The molecule has 0 aliphatic rings. The van der Waals surface area contributed by atoms with Gasteiger partial charge in [-0.05, 0) is 31.5 Å². The highest BCUT2D eigenvalue weighted by molar-refractivity contribution is 5.94. The Bertz CT molecular complexity index is 522. The number of hydrogen-bond donors (Lipinski definition) is 3. The van der Waals surface area contributed by atoms with Gasteiger partial charge in [-0.1, -0.05) is 6.92 Å². The van der Waals surface area contributed by atoms with Crippen molar-refractivity contribution in [2.45, 2.75) is 26.3 Å². The molecule has 0 saturated heterocycles. The van der Waals surface area contributed by atoms with E-state index in [9.17, 15) is 14.4 Å². The molecule has 0 heterocycles. The average Bonchev–Trinajstić information content (AvgIpc) is 2.44. The molecular weight excluding hydrogens is 278 g/mol. The number of hydrogen-bond acceptors (Lipinski definition) is 4. The van der Waals surface area contributed by atoms with E-state index < -0.39 is 11.9 Å². The first-order valence-corrected chi connectivity index (χ1v) is 6.37. The first-order chi connectivity index (χ1) is 9.83. The molecule has 0 aliphatic carbocycles. The van der Waals surface area contributed by atoms with Gasteiger partial charge in [-0.25, -0.2) is 9.59 Å². The predicted molar refractivity (Wildman–Crippen MR) is 73.8 cm³/mol. The van der Waals surface area contributed by atoms with Crippen LogP contribution in [0.3, 0.4) is 0 Å². The van der Waals surface area contributed by atoms with E-state index in [1.54, 1.807) is 0 Å². The van der Waals surface area contributed by atoms with Crippen LogP contribution in [0.5, 0.6) is 5.75 Å². The third-order valence-electron chi connectivity index (χ3n) is 2.79. The quantitative estimate of drug-likeness (QED) is 0.700. The van der Waals surface area contributed by atoms with Crippen molar-refractivity contribution >= 4 is 17.8 Å². The lowest BCUT2D eigenvalue weighted by Crippen LogP contribution is -2.35. The molecule has 1 amide bonds. The van der Waals surface area contributed by atoms with Gasteiger partial charge in [0.25, 0.3) is 5.91 Å². The Labute approximate surface area is 121 Å². The molecule has 0 radical (unpaired) electrons. The molecule has 0 aliphatic heterocycles. The van der Waals surface area contributed by atoms with Crippen molar-refractivity contribution in [1.29, 1.82) is 0 Å². The van der Waals surface area contributed by atoms with Crippen molar-refractivity contribution in [3.63, 3.8) is 0 Å². The number of benzene rings is 1. The molecule has 114 valence electrons. The van der Waals surface area contributed by atoms with Crippen LogP contribution in [0, 0.1) is 0 Å². The third-order valence-corrected chi connectivity index (χ3v) is 2.79. The molecule has 1 rings (SSSR count). The summed E-state index contributed by atoms with van der Waals surface area (Å²) in [4.78, 5) is 33.4. The van der Waals surface area contributed by atoms with Crippen LogP contribution in [0.4, 0.5) is 0 Å². The summed E-state index contributed by atoms with van der Waals surface area (Å²) in [5.74, 6) is -2.88. The second kappa shape index (κ2) is 7.28. The standard InChI is InChI=1S/C14H17NO6/c1-3-8(2)15-12(16)7-21-11-5-9(13(17)18)4-10(6-11)14(19)20/h4-6,8H,3,7H2,1-2H3,(H,15,16)(H,17,18)(H,19,20)/t8-/m1/s1. The SMILES string of the molecule is CC[C@@H](C)NC(=O)COc1cc(C(=O)O)cc(C(=O)O)c1. The molecule has 1 aromatic carbocycles. The number of carboxylic acid groups (broad SMARTS) is 2. The summed E-state index contributed by atoms with van der Waals surface area (Å²) in [5, 5.41) is 20.5. The summed E-state index contributed by atoms with van der Waals surface area (Å²) in [6, 6.07) is 3.37. The van der Waals surface area contributed by atoms with Crippen LogP contribution in [-0.4, -0.2) is 40.7 Å². The van der Waals surface area contributed by atoms with Crippen molar-refractivity contribution in [2.24, 2.45) is 0 Å². The van der Waals surface area contributed by atoms with E-state index in [-0.39, 0.29) is 35.4 Å². The minimum atomic E-state index is -1.27. The Morgan fingerprint density at radius 1 is 1.14 bits per heavy atom. The number of aromatic carboxylic acids is 2. The van der Waals surface area contributed by atoms with Crippen molar-refractivity contribution in [2.75, 3.05) is 6.61 Å². The highest BCUT2D eigenvalue weighted by Gasteiger charge is 2.13. The molecule has 7 nitrogen and oxygen atoms in total. The van der Waals surface area contributed by atoms with Gasteiger partial charge in [0, 0.05) is 6.04 Å². The zero-order valence-corrected chi connectivity index (χ0v) is 11.8. The van der Waals surface area contributed by atoms with E-state index in [4.69, 9.17) is 14.9 Å².